The van der Waals surface area contributed by atoms with Crippen molar-refractivity contribution in [2.24, 2.45) is 0 Å². The Kier molecular flexibility index (Phi) is 5.85. The summed E-state index contributed by atoms with van der Waals surface area (Å²) in [5.41, 5.74) is 1.33. The summed E-state index contributed by atoms with van der Waals surface area (Å²) >= 11 is 0. The molecule has 5 heteroatoms. The van der Waals surface area contributed by atoms with E-state index < -0.39 is 0 Å². The van der Waals surface area contributed by atoms with Gasteiger partial charge >= 0.3 is 0 Å². The second-order valence-corrected chi connectivity index (χ2v) is 6.20. The second kappa shape index (κ2) is 7.43. The van der Waals surface area contributed by atoms with Crippen molar-refractivity contribution in [3.05, 3.63) is 23.9 Å². The van der Waals surface area contributed by atoms with E-state index in [0.29, 0.717) is 6.04 Å². The van der Waals surface area contributed by atoms with Crippen molar-refractivity contribution in [1.29, 1.82) is 0 Å². The minimum atomic E-state index is 0. The van der Waals surface area contributed by atoms with Gasteiger partial charge in [0, 0.05) is 51.5 Å². The number of nitrogens with one attached hydrogen (secondary N) is 1. The third kappa shape index (κ3) is 4.09. The average molecular weight is 311 g/mol. The number of pyridine rings is 1. The topological polar surface area (TPSA) is 31.4 Å². The highest BCUT2D eigenvalue weighted by Gasteiger charge is 2.28. The number of likely N-dealkylation sites (tertiary alicyclic amines) is 1. The third-order valence-corrected chi connectivity index (χ3v) is 4.69. The summed E-state index contributed by atoms with van der Waals surface area (Å²) in [7, 11) is 2.08. The summed E-state index contributed by atoms with van der Waals surface area (Å²) in [6.07, 6.45) is 6.05. The molecule has 2 atom stereocenters. The van der Waals surface area contributed by atoms with Gasteiger partial charge in [-0.15, -0.1) is 12.4 Å². The van der Waals surface area contributed by atoms with E-state index in [1.54, 1.807) is 0 Å². The van der Waals surface area contributed by atoms with Crippen molar-refractivity contribution >= 4 is 18.2 Å². The zero-order valence-electron chi connectivity index (χ0n) is 13.1. The first-order chi connectivity index (χ1) is 9.74. The summed E-state index contributed by atoms with van der Waals surface area (Å²) in [4.78, 5) is 9.32. The van der Waals surface area contributed by atoms with Crippen LogP contribution in [-0.4, -0.2) is 48.6 Å². The molecule has 118 valence electrons. The zero-order valence-corrected chi connectivity index (χ0v) is 13.9. The van der Waals surface area contributed by atoms with Crippen molar-refractivity contribution in [1.82, 2.24) is 15.2 Å². The number of hydrogen-bond acceptors (Lipinski definition) is 4. The van der Waals surface area contributed by atoms with Crippen LogP contribution in [0.5, 0.6) is 0 Å². The van der Waals surface area contributed by atoms with Crippen LogP contribution in [0, 0.1) is 0 Å². The van der Waals surface area contributed by atoms with E-state index in [4.69, 9.17) is 0 Å². The molecule has 1 aromatic heterocycles. The van der Waals surface area contributed by atoms with Gasteiger partial charge in [-0.25, -0.2) is 4.98 Å². The molecule has 2 saturated heterocycles. The Bertz CT molecular complexity index is 436. The average Bonchev–Trinajstić information content (AvgIpc) is 2.81. The lowest BCUT2D eigenvalue weighted by Crippen LogP contribution is -2.35. The molecule has 0 aromatic carbocycles. The van der Waals surface area contributed by atoms with Crippen LogP contribution in [0.25, 0.3) is 0 Å². The van der Waals surface area contributed by atoms with E-state index in [1.165, 1.54) is 37.9 Å². The van der Waals surface area contributed by atoms with Gasteiger partial charge in [0.1, 0.15) is 5.82 Å². The predicted molar refractivity (Wildman–Crippen MR) is 90.3 cm³/mol. The lowest BCUT2D eigenvalue weighted by Gasteiger charge is -2.24. The van der Waals surface area contributed by atoms with Crippen molar-refractivity contribution < 1.29 is 0 Å². The smallest absolute Gasteiger partial charge is 0.128 e. The maximum absolute atomic E-state index is 4.57. The maximum Gasteiger partial charge on any atom is 0.128 e. The Labute approximate surface area is 134 Å². The lowest BCUT2D eigenvalue weighted by atomic mass is 10.1. The largest absolute Gasteiger partial charge is 0.360 e. The van der Waals surface area contributed by atoms with Crippen LogP contribution < -0.4 is 10.2 Å². The number of fused-ring (bicyclic) bond motifs is 2. The molecule has 3 heterocycles. The standard InChI is InChI=1S/C16H26N4.ClH/c1-3-19(2)16-7-4-13(10-17-16)11-20-9-8-14-5-6-15(12-20)18-14;/h4,7,10,14-15,18H,3,5-6,8-9,11-12H2,1-2H3;1H. The second-order valence-electron chi connectivity index (χ2n) is 6.20. The third-order valence-electron chi connectivity index (χ3n) is 4.69. The molecule has 2 unspecified atom stereocenters. The molecule has 2 fully saturated rings. The fourth-order valence-corrected chi connectivity index (χ4v) is 3.32. The quantitative estimate of drug-likeness (QED) is 0.924. The summed E-state index contributed by atoms with van der Waals surface area (Å²) in [6, 6.07) is 5.84. The van der Waals surface area contributed by atoms with Crippen LogP contribution in [0.1, 0.15) is 31.7 Å². The molecule has 0 aliphatic carbocycles. The number of aromatic nitrogens is 1. The van der Waals surface area contributed by atoms with Gasteiger partial charge in [0.25, 0.3) is 0 Å². The van der Waals surface area contributed by atoms with E-state index >= 15 is 0 Å². The predicted octanol–water partition coefficient (Wildman–Crippen LogP) is 2.29. The van der Waals surface area contributed by atoms with Crippen molar-refractivity contribution in [3.63, 3.8) is 0 Å². The first-order valence-electron chi connectivity index (χ1n) is 7.89. The van der Waals surface area contributed by atoms with E-state index in [1.807, 2.05) is 6.20 Å². The molecule has 0 saturated carbocycles. The van der Waals surface area contributed by atoms with Gasteiger partial charge in [0.2, 0.25) is 0 Å². The highest BCUT2D eigenvalue weighted by atomic mass is 35.5. The van der Waals surface area contributed by atoms with Crippen molar-refractivity contribution in [2.45, 2.75) is 44.8 Å². The van der Waals surface area contributed by atoms with Gasteiger partial charge in [-0.05, 0) is 37.8 Å². The van der Waals surface area contributed by atoms with Crippen LogP contribution in [0.3, 0.4) is 0 Å². The van der Waals surface area contributed by atoms with Crippen molar-refractivity contribution in [2.75, 3.05) is 31.6 Å². The minimum absolute atomic E-state index is 0. The van der Waals surface area contributed by atoms with Crippen LogP contribution in [-0.2, 0) is 6.54 Å². The molecule has 4 nitrogen and oxygen atoms in total. The molecular formula is C16H27ClN4. The molecule has 2 aliphatic rings. The van der Waals surface area contributed by atoms with Gasteiger partial charge in [-0.2, -0.15) is 0 Å². The molecule has 2 bridgehead atoms. The molecule has 0 radical (unpaired) electrons. The molecule has 1 aromatic rings. The highest BCUT2D eigenvalue weighted by Crippen LogP contribution is 2.21. The summed E-state index contributed by atoms with van der Waals surface area (Å²) in [5, 5.41) is 3.74. The van der Waals surface area contributed by atoms with E-state index in [2.05, 4.69) is 46.2 Å². The normalized spacial score (nSPS) is 25.2. The maximum atomic E-state index is 4.57. The number of nitrogens with zero attached hydrogens (tertiary/aromatic N) is 3. The highest BCUT2D eigenvalue weighted by molar-refractivity contribution is 5.85. The van der Waals surface area contributed by atoms with Crippen LogP contribution >= 0.6 is 12.4 Å². The van der Waals surface area contributed by atoms with Gasteiger partial charge < -0.3 is 10.2 Å². The van der Waals surface area contributed by atoms with Gasteiger partial charge in [-0.3, -0.25) is 4.90 Å². The lowest BCUT2D eigenvalue weighted by molar-refractivity contribution is 0.250. The van der Waals surface area contributed by atoms with Crippen molar-refractivity contribution in [3.8, 4) is 0 Å². The molecule has 0 amide bonds. The Balaban J connectivity index is 0.00000161. The Morgan fingerprint density at radius 1 is 1.29 bits per heavy atom. The molecule has 0 spiro atoms. The number of rotatable bonds is 4. The fraction of sp³-hybridized carbons (Fsp3) is 0.688. The fourth-order valence-electron chi connectivity index (χ4n) is 3.32. The summed E-state index contributed by atoms with van der Waals surface area (Å²) < 4.78 is 0. The Morgan fingerprint density at radius 2 is 2.10 bits per heavy atom. The SMILES string of the molecule is CCN(C)c1ccc(CN2CCC3CCC(C2)N3)cn1.Cl. The molecule has 2 aliphatic heterocycles. The first kappa shape index (κ1) is 16.5. The molecule has 1 N–H and O–H groups in total. The number of anilines is 1. The molecule has 21 heavy (non-hydrogen) atoms. The van der Waals surface area contributed by atoms with Gasteiger partial charge in [0.05, 0.1) is 0 Å². The number of hydrogen-bond donors (Lipinski definition) is 1. The zero-order chi connectivity index (χ0) is 13.9. The van der Waals surface area contributed by atoms with E-state index in [0.717, 1.165) is 24.9 Å². The molecule has 3 rings (SSSR count). The van der Waals surface area contributed by atoms with Gasteiger partial charge in [-0.1, -0.05) is 6.07 Å². The number of halogens is 1. The van der Waals surface area contributed by atoms with Crippen LogP contribution in [0.15, 0.2) is 18.3 Å². The van der Waals surface area contributed by atoms with Crippen LogP contribution in [0.2, 0.25) is 0 Å². The van der Waals surface area contributed by atoms with Gasteiger partial charge in [0.15, 0.2) is 0 Å². The van der Waals surface area contributed by atoms with E-state index in [9.17, 15) is 0 Å². The Morgan fingerprint density at radius 3 is 2.81 bits per heavy atom. The summed E-state index contributed by atoms with van der Waals surface area (Å²) in [5.74, 6) is 1.06. The molecular weight excluding hydrogens is 284 g/mol. The van der Waals surface area contributed by atoms with Crippen LogP contribution in [0.4, 0.5) is 5.82 Å². The Hall–Kier alpha value is -0.840. The summed E-state index contributed by atoms with van der Waals surface area (Å²) in [6.45, 7) is 6.58. The first-order valence-corrected chi connectivity index (χ1v) is 7.89. The van der Waals surface area contributed by atoms with E-state index in [-0.39, 0.29) is 12.4 Å². The minimum Gasteiger partial charge on any atom is -0.360 e. The monoisotopic (exact) mass is 310 g/mol.